The van der Waals surface area contributed by atoms with Gasteiger partial charge in [-0.2, -0.15) is 0 Å². The second kappa shape index (κ2) is 6.32. The molecule has 5 heteroatoms. The molecule has 0 saturated carbocycles. The van der Waals surface area contributed by atoms with Crippen molar-refractivity contribution in [1.29, 1.82) is 0 Å². The van der Waals surface area contributed by atoms with Crippen molar-refractivity contribution in [3.8, 4) is 0 Å². The van der Waals surface area contributed by atoms with E-state index in [2.05, 4.69) is 15.3 Å². The molecule has 2 atom stereocenters. The number of rotatable bonds is 5. The van der Waals surface area contributed by atoms with E-state index >= 15 is 0 Å². The summed E-state index contributed by atoms with van der Waals surface area (Å²) in [6.45, 7) is 2.17. The Balaban J connectivity index is 1.54. The fourth-order valence-corrected chi connectivity index (χ4v) is 2.87. The molecule has 0 spiro atoms. The van der Waals surface area contributed by atoms with Crippen molar-refractivity contribution in [3.63, 3.8) is 0 Å². The molecule has 2 aromatic rings. The summed E-state index contributed by atoms with van der Waals surface area (Å²) in [5.74, 6) is 1.03. The number of aliphatic hydroxyl groups excluding tert-OH is 1. The Morgan fingerprint density at radius 1 is 1.45 bits per heavy atom. The molecule has 0 bridgehead atoms. The molecule has 1 heterocycles. The quantitative estimate of drug-likeness (QED) is 0.737. The van der Waals surface area contributed by atoms with Crippen molar-refractivity contribution in [3.05, 3.63) is 41.7 Å². The molecule has 0 fully saturated rings. The van der Waals surface area contributed by atoms with Crippen molar-refractivity contribution >= 4 is 16.9 Å². The summed E-state index contributed by atoms with van der Waals surface area (Å²) in [4.78, 5) is 19.8. The largest absolute Gasteiger partial charge is 0.396 e. The SMILES string of the molecule is Cc1cccc2[nH]c(CCC(=O)N[C@@H]3C=C[C@H](CO)C3)nc12. The Bertz CT molecular complexity index is 705. The Labute approximate surface area is 129 Å². The van der Waals surface area contributed by atoms with Crippen molar-refractivity contribution in [2.45, 2.75) is 32.2 Å². The molecule has 1 aliphatic rings. The van der Waals surface area contributed by atoms with Gasteiger partial charge in [0, 0.05) is 31.4 Å². The number of amides is 1. The van der Waals surface area contributed by atoms with E-state index in [0.29, 0.717) is 12.8 Å². The first-order valence-corrected chi connectivity index (χ1v) is 7.68. The number of aromatic amines is 1. The highest BCUT2D eigenvalue weighted by Crippen LogP contribution is 2.18. The van der Waals surface area contributed by atoms with Crippen LogP contribution in [0.4, 0.5) is 0 Å². The molecule has 1 amide bonds. The van der Waals surface area contributed by atoms with Gasteiger partial charge in [-0.15, -0.1) is 0 Å². The highest BCUT2D eigenvalue weighted by Gasteiger charge is 2.19. The van der Waals surface area contributed by atoms with Gasteiger partial charge in [0.25, 0.3) is 0 Å². The number of carbonyl (C=O) groups excluding carboxylic acids is 1. The molecule has 5 nitrogen and oxygen atoms in total. The number of hydrogen-bond acceptors (Lipinski definition) is 3. The lowest BCUT2D eigenvalue weighted by Gasteiger charge is -2.12. The molecule has 0 radical (unpaired) electrons. The Hall–Kier alpha value is -2.14. The number of carbonyl (C=O) groups is 1. The first-order valence-electron chi connectivity index (χ1n) is 7.68. The number of H-pyrrole nitrogens is 1. The van der Waals surface area contributed by atoms with E-state index in [1.165, 1.54) is 0 Å². The first kappa shape index (κ1) is 14.8. The van der Waals surface area contributed by atoms with Crippen LogP contribution in [0.15, 0.2) is 30.4 Å². The summed E-state index contributed by atoms with van der Waals surface area (Å²) in [5.41, 5.74) is 3.12. The highest BCUT2D eigenvalue weighted by molar-refractivity contribution is 5.79. The fraction of sp³-hybridized carbons (Fsp3) is 0.412. The summed E-state index contributed by atoms with van der Waals surface area (Å²) < 4.78 is 0. The van der Waals surface area contributed by atoms with Crippen molar-refractivity contribution in [2.24, 2.45) is 5.92 Å². The van der Waals surface area contributed by atoms with E-state index in [1.54, 1.807) is 0 Å². The highest BCUT2D eigenvalue weighted by atomic mass is 16.3. The fourth-order valence-electron chi connectivity index (χ4n) is 2.87. The Morgan fingerprint density at radius 2 is 2.32 bits per heavy atom. The van der Waals surface area contributed by atoms with E-state index in [4.69, 9.17) is 5.11 Å². The molecule has 1 aliphatic carbocycles. The summed E-state index contributed by atoms with van der Waals surface area (Å²) in [6.07, 6.45) is 5.72. The minimum atomic E-state index is 0.0189. The van der Waals surface area contributed by atoms with Gasteiger partial charge in [0.2, 0.25) is 5.91 Å². The third kappa shape index (κ3) is 3.20. The zero-order chi connectivity index (χ0) is 15.5. The Kier molecular flexibility index (Phi) is 4.24. The average Bonchev–Trinajstić information content (AvgIpc) is 3.12. The third-order valence-corrected chi connectivity index (χ3v) is 4.11. The maximum Gasteiger partial charge on any atom is 0.220 e. The monoisotopic (exact) mass is 299 g/mol. The van der Waals surface area contributed by atoms with Gasteiger partial charge in [-0.3, -0.25) is 4.79 Å². The number of para-hydroxylation sites is 1. The van der Waals surface area contributed by atoms with Gasteiger partial charge < -0.3 is 15.4 Å². The lowest BCUT2D eigenvalue weighted by atomic mass is 10.1. The number of aliphatic hydroxyl groups is 1. The lowest BCUT2D eigenvalue weighted by Crippen LogP contribution is -2.33. The van der Waals surface area contributed by atoms with Crippen LogP contribution in [0.5, 0.6) is 0 Å². The Morgan fingerprint density at radius 3 is 3.05 bits per heavy atom. The zero-order valence-electron chi connectivity index (χ0n) is 12.7. The van der Waals surface area contributed by atoms with E-state index in [-0.39, 0.29) is 24.5 Å². The number of aromatic nitrogens is 2. The average molecular weight is 299 g/mol. The summed E-state index contributed by atoms with van der Waals surface area (Å²) >= 11 is 0. The van der Waals surface area contributed by atoms with E-state index in [9.17, 15) is 4.79 Å². The molecular weight excluding hydrogens is 278 g/mol. The van der Waals surface area contributed by atoms with Gasteiger partial charge in [-0.05, 0) is 25.0 Å². The third-order valence-electron chi connectivity index (χ3n) is 4.11. The number of fused-ring (bicyclic) bond motifs is 1. The minimum Gasteiger partial charge on any atom is -0.396 e. The predicted molar refractivity (Wildman–Crippen MR) is 85.4 cm³/mol. The van der Waals surface area contributed by atoms with Crippen molar-refractivity contribution < 1.29 is 9.90 Å². The maximum absolute atomic E-state index is 12.0. The molecule has 1 aromatic carbocycles. The van der Waals surface area contributed by atoms with Gasteiger partial charge in [0.15, 0.2) is 0 Å². The number of aryl methyl sites for hydroxylation is 2. The van der Waals surface area contributed by atoms with Crippen molar-refractivity contribution in [1.82, 2.24) is 15.3 Å². The van der Waals surface area contributed by atoms with Gasteiger partial charge >= 0.3 is 0 Å². The second-order valence-corrected chi connectivity index (χ2v) is 5.89. The minimum absolute atomic E-state index is 0.0189. The molecule has 3 N–H and O–H groups in total. The van der Waals surface area contributed by atoms with Crippen LogP contribution < -0.4 is 5.32 Å². The van der Waals surface area contributed by atoms with E-state index in [1.807, 2.05) is 37.3 Å². The molecular formula is C17H21N3O2. The number of hydrogen-bond donors (Lipinski definition) is 3. The molecule has 0 unspecified atom stereocenters. The number of imidazole rings is 1. The first-order chi connectivity index (χ1) is 10.7. The number of nitrogens with one attached hydrogen (secondary N) is 2. The summed E-state index contributed by atoms with van der Waals surface area (Å²) in [5, 5.41) is 12.1. The predicted octanol–water partition coefficient (Wildman–Crippen LogP) is 1.86. The second-order valence-electron chi connectivity index (χ2n) is 5.89. The van der Waals surface area contributed by atoms with Gasteiger partial charge in [0.05, 0.1) is 11.0 Å². The van der Waals surface area contributed by atoms with E-state index in [0.717, 1.165) is 28.8 Å². The molecule has 0 saturated heterocycles. The van der Waals surface area contributed by atoms with Gasteiger partial charge in [-0.1, -0.05) is 24.3 Å². The van der Waals surface area contributed by atoms with Crippen LogP contribution in [0.25, 0.3) is 11.0 Å². The van der Waals surface area contributed by atoms with Gasteiger partial charge in [-0.25, -0.2) is 4.98 Å². The zero-order valence-corrected chi connectivity index (χ0v) is 12.7. The molecule has 116 valence electrons. The van der Waals surface area contributed by atoms with Crippen LogP contribution in [0.2, 0.25) is 0 Å². The smallest absolute Gasteiger partial charge is 0.220 e. The molecule has 0 aliphatic heterocycles. The molecule has 22 heavy (non-hydrogen) atoms. The summed E-state index contributed by atoms with van der Waals surface area (Å²) in [7, 11) is 0. The van der Waals surface area contributed by atoms with Crippen LogP contribution >= 0.6 is 0 Å². The molecule has 1 aromatic heterocycles. The van der Waals surface area contributed by atoms with Crippen LogP contribution in [0.1, 0.15) is 24.2 Å². The maximum atomic E-state index is 12.0. The lowest BCUT2D eigenvalue weighted by molar-refractivity contribution is -0.121. The standard InChI is InChI=1S/C17H21N3O2/c1-11-3-2-4-14-17(11)20-15(19-14)7-8-16(22)18-13-6-5-12(9-13)10-21/h2-6,12-13,21H,7-10H2,1H3,(H,18,22)(H,19,20)/t12-,13+/m0/s1. The van der Waals surface area contributed by atoms with Crippen LogP contribution in [0, 0.1) is 12.8 Å². The van der Waals surface area contributed by atoms with Crippen LogP contribution in [0.3, 0.4) is 0 Å². The van der Waals surface area contributed by atoms with Gasteiger partial charge in [0.1, 0.15) is 5.82 Å². The number of nitrogens with zero attached hydrogens (tertiary/aromatic N) is 1. The normalized spacial score (nSPS) is 20.6. The van der Waals surface area contributed by atoms with Crippen molar-refractivity contribution in [2.75, 3.05) is 6.61 Å². The van der Waals surface area contributed by atoms with Crippen LogP contribution in [-0.2, 0) is 11.2 Å². The molecule has 3 rings (SSSR count). The van der Waals surface area contributed by atoms with E-state index < -0.39 is 0 Å². The topological polar surface area (TPSA) is 78.0 Å². The van der Waals surface area contributed by atoms with Crippen LogP contribution in [-0.4, -0.2) is 33.6 Å². The summed E-state index contributed by atoms with van der Waals surface area (Å²) in [6, 6.07) is 6.07. The number of benzene rings is 1.